The number of nitrogens with zero attached hydrogens (tertiary/aromatic N) is 1. The van der Waals surface area contributed by atoms with E-state index in [1.807, 2.05) is 72.3 Å². The topological polar surface area (TPSA) is 54.3 Å². The van der Waals surface area contributed by atoms with Crippen LogP contribution in [0.1, 0.15) is 28.4 Å². The van der Waals surface area contributed by atoms with Crippen molar-refractivity contribution < 1.29 is 9.90 Å². The summed E-state index contributed by atoms with van der Waals surface area (Å²) >= 11 is 0. The minimum Gasteiger partial charge on any atom is -0.396 e. The van der Waals surface area contributed by atoms with Gasteiger partial charge in [0.05, 0.1) is 0 Å². The molecule has 124 valence electrons. The Morgan fingerprint density at radius 1 is 1.12 bits per heavy atom. The number of para-hydroxylation sites is 1. The number of rotatable bonds is 6. The third-order valence-corrected chi connectivity index (χ3v) is 4.44. The fourth-order valence-corrected chi connectivity index (χ4v) is 3.08. The van der Waals surface area contributed by atoms with Gasteiger partial charge in [0.1, 0.15) is 5.69 Å². The van der Waals surface area contributed by atoms with E-state index in [-0.39, 0.29) is 18.4 Å². The standard InChI is InChI=1S/C20H22N2O2/c1-22-18-10-6-5-9-16(18)13-19(22)20(24)21-14-17(11-12-23)15-7-3-2-4-8-15/h2-10,13,17,23H,11-12,14H2,1H3,(H,21,24). The second-order valence-electron chi connectivity index (χ2n) is 5.98. The molecule has 1 amide bonds. The van der Waals surface area contributed by atoms with E-state index in [9.17, 15) is 9.90 Å². The first kappa shape index (κ1) is 16.3. The maximum absolute atomic E-state index is 12.6. The summed E-state index contributed by atoms with van der Waals surface area (Å²) in [4.78, 5) is 12.6. The lowest BCUT2D eigenvalue weighted by atomic mass is 9.96. The van der Waals surface area contributed by atoms with Gasteiger partial charge in [0.25, 0.3) is 5.91 Å². The number of fused-ring (bicyclic) bond motifs is 1. The lowest BCUT2D eigenvalue weighted by Gasteiger charge is -2.17. The van der Waals surface area contributed by atoms with Gasteiger partial charge in [0.15, 0.2) is 0 Å². The zero-order chi connectivity index (χ0) is 16.9. The Bertz CT molecular complexity index is 824. The van der Waals surface area contributed by atoms with Crippen molar-refractivity contribution in [2.45, 2.75) is 12.3 Å². The Kier molecular flexibility index (Phi) is 4.96. The molecule has 0 bridgehead atoms. The van der Waals surface area contributed by atoms with Gasteiger partial charge in [-0.05, 0) is 24.1 Å². The molecule has 24 heavy (non-hydrogen) atoms. The molecule has 2 aromatic carbocycles. The number of hydrogen-bond donors (Lipinski definition) is 2. The molecule has 1 aromatic heterocycles. The highest BCUT2D eigenvalue weighted by atomic mass is 16.3. The van der Waals surface area contributed by atoms with Crippen LogP contribution in [0.15, 0.2) is 60.7 Å². The number of aliphatic hydroxyl groups is 1. The average Bonchev–Trinajstić information content (AvgIpc) is 2.96. The van der Waals surface area contributed by atoms with Crippen molar-refractivity contribution in [1.82, 2.24) is 9.88 Å². The van der Waals surface area contributed by atoms with Gasteiger partial charge in [-0.25, -0.2) is 0 Å². The van der Waals surface area contributed by atoms with Crippen LogP contribution in [-0.2, 0) is 7.05 Å². The molecule has 4 nitrogen and oxygen atoms in total. The smallest absolute Gasteiger partial charge is 0.267 e. The van der Waals surface area contributed by atoms with Gasteiger partial charge in [-0.3, -0.25) is 4.79 Å². The van der Waals surface area contributed by atoms with Crippen molar-refractivity contribution in [3.63, 3.8) is 0 Å². The number of aromatic nitrogens is 1. The lowest BCUT2D eigenvalue weighted by Crippen LogP contribution is -2.30. The molecular formula is C20H22N2O2. The molecular weight excluding hydrogens is 300 g/mol. The Balaban J connectivity index is 1.74. The summed E-state index contributed by atoms with van der Waals surface area (Å²) in [6.45, 7) is 0.606. The van der Waals surface area contributed by atoms with Crippen LogP contribution < -0.4 is 5.32 Å². The van der Waals surface area contributed by atoms with Gasteiger partial charge in [-0.15, -0.1) is 0 Å². The van der Waals surface area contributed by atoms with E-state index in [0.29, 0.717) is 18.7 Å². The van der Waals surface area contributed by atoms with Gasteiger partial charge in [0, 0.05) is 37.0 Å². The highest BCUT2D eigenvalue weighted by Crippen LogP contribution is 2.20. The first-order valence-corrected chi connectivity index (χ1v) is 8.19. The van der Waals surface area contributed by atoms with E-state index in [0.717, 1.165) is 16.5 Å². The SMILES string of the molecule is Cn1c(C(=O)NCC(CCO)c2ccccc2)cc2ccccc21. The van der Waals surface area contributed by atoms with E-state index >= 15 is 0 Å². The predicted molar refractivity (Wildman–Crippen MR) is 96.1 cm³/mol. The number of carbonyl (C=O) groups excluding carboxylic acids is 1. The predicted octanol–water partition coefficient (Wildman–Crippen LogP) is 3.07. The van der Waals surface area contributed by atoms with Crippen LogP contribution in [0.5, 0.6) is 0 Å². The van der Waals surface area contributed by atoms with Crippen molar-refractivity contribution in [2.75, 3.05) is 13.2 Å². The average molecular weight is 322 g/mol. The van der Waals surface area contributed by atoms with Crippen molar-refractivity contribution in [3.05, 3.63) is 71.9 Å². The first-order valence-electron chi connectivity index (χ1n) is 8.19. The normalized spacial score (nSPS) is 12.2. The Labute approximate surface area is 141 Å². The van der Waals surface area contributed by atoms with Crippen LogP contribution >= 0.6 is 0 Å². The van der Waals surface area contributed by atoms with E-state index < -0.39 is 0 Å². The van der Waals surface area contributed by atoms with Gasteiger partial charge in [-0.1, -0.05) is 48.5 Å². The zero-order valence-electron chi connectivity index (χ0n) is 13.8. The van der Waals surface area contributed by atoms with Crippen molar-refractivity contribution in [2.24, 2.45) is 7.05 Å². The molecule has 0 saturated carbocycles. The Morgan fingerprint density at radius 2 is 1.83 bits per heavy atom. The fraction of sp³-hybridized carbons (Fsp3) is 0.250. The summed E-state index contributed by atoms with van der Waals surface area (Å²) in [7, 11) is 1.90. The Hall–Kier alpha value is -2.59. The number of amides is 1. The molecule has 0 radical (unpaired) electrons. The van der Waals surface area contributed by atoms with Gasteiger partial charge in [-0.2, -0.15) is 0 Å². The molecule has 2 N–H and O–H groups in total. The molecule has 1 unspecified atom stereocenters. The maximum Gasteiger partial charge on any atom is 0.267 e. The van der Waals surface area contributed by atoms with Crippen LogP contribution in [0.25, 0.3) is 10.9 Å². The van der Waals surface area contributed by atoms with E-state index in [1.165, 1.54) is 0 Å². The number of carbonyl (C=O) groups is 1. The van der Waals surface area contributed by atoms with Crippen LogP contribution in [0.2, 0.25) is 0 Å². The summed E-state index contributed by atoms with van der Waals surface area (Å²) in [5.74, 6) is 0.0161. The largest absolute Gasteiger partial charge is 0.396 e. The van der Waals surface area contributed by atoms with Crippen molar-refractivity contribution >= 4 is 16.8 Å². The molecule has 3 aromatic rings. The second-order valence-corrected chi connectivity index (χ2v) is 5.98. The van der Waals surface area contributed by atoms with Gasteiger partial charge < -0.3 is 15.0 Å². The van der Waals surface area contributed by atoms with E-state index in [4.69, 9.17) is 0 Å². The molecule has 0 aliphatic rings. The summed E-state index contributed by atoms with van der Waals surface area (Å²) in [6, 6.07) is 19.8. The molecule has 1 heterocycles. The summed E-state index contributed by atoms with van der Waals surface area (Å²) in [5.41, 5.74) is 2.81. The lowest BCUT2D eigenvalue weighted by molar-refractivity contribution is 0.0941. The number of hydrogen-bond acceptors (Lipinski definition) is 2. The highest BCUT2D eigenvalue weighted by Gasteiger charge is 2.16. The van der Waals surface area contributed by atoms with Crippen LogP contribution in [0.3, 0.4) is 0 Å². The second kappa shape index (κ2) is 7.32. The fourth-order valence-electron chi connectivity index (χ4n) is 3.08. The molecule has 1 atom stereocenters. The number of aryl methyl sites for hydroxylation is 1. The third-order valence-electron chi connectivity index (χ3n) is 4.44. The monoisotopic (exact) mass is 322 g/mol. The van der Waals surface area contributed by atoms with Crippen molar-refractivity contribution in [3.8, 4) is 0 Å². The van der Waals surface area contributed by atoms with Crippen LogP contribution in [-0.4, -0.2) is 28.7 Å². The van der Waals surface area contributed by atoms with Crippen LogP contribution in [0.4, 0.5) is 0 Å². The highest BCUT2D eigenvalue weighted by molar-refractivity contribution is 5.98. The Morgan fingerprint density at radius 3 is 2.54 bits per heavy atom. The summed E-state index contributed by atoms with van der Waals surface area (Å²) in [6.07, 6.45) is 0.624. The number of aliphatic hydroxyl groups excluding tert-OH is 1. The molecule has 0 aliphatic carbocycles. The van der Waals surface area contributed by atoms with Gasteiger partial charge in [0.2, 0.25) is 0 Å². The molecule has 0 spiro atoms. The van der Waals surface area contributed by atoms with E-state index in [2.05, 4.69) is 5.32 Å². The van der Waals surface area contributed by atoms with E-state index in [1.54, 1.807) is 0 Å². The molecule has 4 heteroatoms. The maximum atomic E-state index is 12.6. The summed E-state index contributed by atoms with van der Waals surface area (Å²) < 4.78 is 1.91. The molecule has 3 rings (SSSR count). The van der Waals surface area contributed by atoms with Crippen LogP contribution in [0, 0.1) is 0 Å². The molecule has 0 fully saturated rings. The minimum absolute atomic E-state index is 0.0902. The molecule has 0 aliphatic heterocycles. The summed E-state index contributed by atoms with van der Waals surface area (Å²) in [5, 5.41) is 13.4. The first-order chi connectivity index (χ1) is 11.7. The van der Waals surface area contributed by atoms with Gasteiger partial charge >= 0.3 is 0 Å². The zero-order valence-corrected chi connectivity index (χ0v) is 13.8. The number of nitrogens with one attached hydrogen (secondary N) is 1. The quantitative estimate of drug-likeness (QED) is 0.733. The van der Waals surface area contributed by atoms with Crippen molar-refractivity contribution in [1.29, 1.82) is 0 Å². The third kappa shape index (κ3) is 3.34. The minimum atomic E-state index is -0.0902. The molecule has 0 saturated heterocycles. The number of benzene rings is 2.